The molecule has 0 aromatic carbocycles. The first-order chi connectivity index (χ1) is 4.84. The van der Waals surface area contributed by atoms with Crippen LogP contribution in [-0.4, -0.2) is 11.3 Å². The number of rotatable bonds is 2. The molecule has 0 aliphatic heterocycles. The van der Waals surface area contributed by atoms with Gasteiger partial charge in [0.2, 0.25) is 0 Å². The Hall–Kier alpha value is -0.700. The number of hydrogen-bond acceptors (Lipinski definition) is 2. The summed E-state index contributed by atoms with van der Waals surface area (Å²) in [5.74, 6) is 0. The minimum absolute atomic E-state index is 0.199. The van der Waals surface area contributed by atoms with E-state index < -0.39 is 0 Å². The van der Waals surface area contributed by atoms with E-state index in [2.05, 4.69) is 20.9 Å². The van der Waals surface area contributed by atoms with Gasteiger partial charge in [-0.25, -0.2) is 0 Å². The average Bonchev–Trinajstić information content (AvgIpc) is 2.05. The first kappa shape index (κ1) is 7.41. The molecule has 0 bridgehead atoms. The molecule has 0 saturated heterocycles. The lowest BCUT2D eigenvalue weighted by atomic mass is 10.2. The van der Waals surface area contributed by atoms with Gasteiger partial charge in [0.1, 0.15) is 6.29 Å². The van der Waals surface area contributed by atoms with Crippen LogP contribution in [0.5, 0.6) is 0 Å². The number of aromatic nitrogens is 1. The Morgan fingerprint density at radius 3 is 2.60 bits per heavy atom. The Labute approximate surface area is 67.4 Å². The van der Waals surface area contributed by atoms with Gasteiger partial charge >= 0.3 is 0 Å². The number of carbonyl (C=O) groups is 1. The smallest absolute Gasteiger partial charge is 0.138 e. The Balaban J connectivity index is 2.84. The van der Waals surface area contributed by atoms with E-state index in [9.17, 15) is 4.79 Å². The van der Waals surface area contributed by atoms with Crippen molar-refractivity contribution in [1.82, 2.24) is 4.98 Å². The second-order valence-corrected chi connectivity index (χ2v) is 2.80. The number of hydrogen-bond donors (Lipinski definition) is 0. The maximum atomic E-state index is 10.2. The third kappa shape index (κ3) is 1.64. The molecule has 2 nitrogen and oxygen atoms in total. The molecular weight excluding hydrogens is 194 g/mol. The summed E-state index contributed by atoms with van der Waals surface area (Å²) >= 11 is 3.19. The van der Waals surface area contributed by atoms with Gasteiger partial charge in [0.15, 0.2) is 0 Å². The Morgan fingerprint density at radius 1 is 1.50 bits per heavy atom. The highest BCUT2D eigenvalue weighted by atomic mass is 79.9. The fourth-order valence-corrected chi connectivity index (χ4v) is 0.931. The second kappa shape index (κ2) is 3.46. The topological polar surface area (TPSA) is 30.0 Å². The van der Waals surface area contributed by atoms with Crippen LogP contribution >= 0.6 is 15.9 Å². The summed E-state index contributed by atoms with van der Waals surface area (Å²) < 4.78 is 0. The normalized spacial score (nSPS) is 12.5. The van der Waals surface area contributed by atoms with Crippen LogP contribution in [0.2, 0.25) is 0 Å². The van der Waals surface area contributed by atoms with Gasteiger partial charge in [-0.3, -0.25) is 4.98 Å². The van der Waals surface area contributed by atoms with Crippen molar-refractivity contribution in [2.24, 2.45) is 0 Å². The lowest BCUT2D eigenvalue weighted by Crippen LogP contribution is -1.89. The van der Waals surface area contributed by atoms with Gasteiger partial charge in [-0.1, -0.05) is 15.9 Å². The monoisotopic (exact) mass is 199 g/mol. The Kier molecular flexibility index (Phi) is 2.57. The van der Waals surface area contributed by atoms with Crippen molar-refractivity contribution in [3.05, 3.63) is 30.1 Å². The van der Waals surface area contributed by atoms with Gasteiger partial charge in [-0.15, -0.1) is 0 Å². The standard InChI is InChI=1S/C7H6BrNO/c8-7(5-10)6-1-3-9-4-2-6/h1-5,7H. The molecule has 1 heterocycles. The quantitative estimate of drug-likeness (QED) is 0.537. The number of carbonyl (C=O) groups excluding carboxylic acids is 1. The van der Waals surface area contributed by atoms with Crippen molar-refractivity contribution >= 4 is 22.2 Å². The van der Waals surface area contributed by atoms with Gasteiger partial charge < -0.3 is 4.79 Å². The van der Waals surface area contributed by atoms with Crippen molar-refractivity contribution in [2.45, 2.75) is 4.83 Å². The van der Waals surface area contributed by atoms with E-state index in [0.717, 1.165) is 11.8 Å². The zero-order valence-electron chi connectivity index (χ0n) is 5.20. The lowest BCUT2D eigenvalue weighted by molar-refractivity contribution is -0.107. The molecule has 0 aliphatic carbocycles. The summed E-state index contributed by atoms with van der Waals surface area (Å²) in [6, 6.07) is 3.60. The van der Waals surface area contributed by atoms with E-state index >= 15 is 0 Å². The Bertz CT molecular complexity index is 212. The van der Waals surface area contributed by atoms with Gasteiger partial charge in [0.05, 0.1) is 4.83 Å². The fraction of sp³-hybridized carbons (Fsp3) is 0.143. The third-order valence-corrected chi connectivity index (χ3v) is 1.89. The van der Waals surface area contributed by atoms with Crippen LogP contribution in [0.3, 0.4) is 0 Å². The van der Waals surface area contributed by atoms with Crippen LogP contribution in [0.4, 0.5) is 0 Å². The number of pyridine rings is 1. The van der Waals surface area contributed by atoms with Crippen molar-refractivity contribution in [3.63, 3.8) is 0 Å². The second-order valence-electron chi connectivity index (χ2n) is 1.82. The van der Waals surface area contributed by atoms with Crippen LogP contribution in [-0.2, 0) is 4.79 Å². The molecule has 10 heavy (non-hydrogen) atoms. The van der Waals surface area contributed by atoms with Crippen molar-refractivity contribution < 1.29 is 4.79 Å². The zero-order chi connectivity index (χ0) is 7.40. The number of alkyl halides is 1. The molecule has 52 valence electrons. The molecule has 1 unspecified atom stereocenters. The van der Waals surface area contributed by atoms with Gasteiger partial charge in [-0.05, 0) is 17.7 Å². The molecule has 1 aromatic heterocycles. The molecule has 0 amide bonds. The maximum absolute atomic E-state index is 10.2. The van der Waals surface area contributed by atoms with E-state index in [1.54, 1.807) is 24.5 Å². The molecule has 1 atom stereocenters. The molecule has 0 fully saturated rings. The predicted molar refractivity (Wildman–Crippen MR) is 42.0 cm³/mol. The lowest BCUT2D eigenvalue weighted by Gasteiger charge is -1.98. The van der Waals surface area contributed by atoms with Crippen molar-refractivity contribution in [2.75, 3.05) is 0 Å². The largest absolute Gasteiger partial charge is 0.302 e. The Morgan fingerprint density at radius 2 is 2.10 bits per heavy atom. The van der Waals surface area contributed by atoms with Crippen LogP contribution in [0.1, 0.15) is 10.4 Å². The number of aldehydes is 1. The minimum atomic E-state index is -0.199. The molecular formula is C7H6BrNO. The van der Waals surface area contributed by atoms with Crippen LogP contribution < -0.4 is 0 Å². The van der Waals surface area contributed by atoms with E-state index in [1.165, 1.54) is 0 Å². The summed E-state index contributed by atoms with van der Waals surface area (Å²) in [6.07, 6.45) is 4.16. The van der Waals surface area contributed by atoms with Crippen LogP contribution in [0.25, 0.3) is 0 Å². The summed E-state index contributed by atoms with van der Waals surface area (Å²) in [6.45, 7) is 0. The van der Waals surface area contributed by atoms with Gasteiger partial charge in [0, 0.05) is 12.4 Å². The maximum Gasteiger partial charge on any atom is 0.138 e. The third-order valence-electron chi connectivity index (χ3n) is 1.14. The average molecular weight is 200 g/mol. The highest BCUT2D eigenvalue weighted by Crippen LogP contribution is 2.17. The van der Waals surface area contributed by atoms with E-state index in [0.29, 0.717) is 0 Å². The summed E-state index contributed by atoms with van der Waals surface area (Å²) in [7, 11) is 0. The van der Waals surface area contributed by atoms with Crippen molar-refractivity contribution in [1.29, 1.82) is 0 Å². The van der Waals surface area contributed by atoms with Gasteiger partial charge in [0.25, 0.3) is 0 Å². The molecule has 1 aromatic rings. The minimum Gasteiger partial charge on any atom is -0.302 e. The molecule has 0 aliphatic rings. The van der Waals surface area contributed by atoms with Crippen LogP contribution in [0, 0.1) is 0 Å². The fourth-order valence-electron chi connectivity index (χ4n) is 0.626. The van der Waals surface area contributed by atoms with Gasteiger partial charge in [-0.2, -0.15) is 0 Å². The van der Waals surface area contributed by atoms with E-state index in [-0.39, 0.29) is 4.83 Å². The van der Waals surface area contributed by atoms with Crippen LogP contribution in [0.15, 0.2) is 24.5 Å². The number of nitrogens with zero attached hydrogens (tertiary/aromatic N) is 1. The SMILES string of the molecule is O=CC(Br)c1ccncc1. The summed E-state index contributed by atoms with van der Waals surface area (Å²) in [5, 5.41) is 0. The summed E-state index contributed by atoms with van der Waals surface area (Å²) in [5.41, 5.74) is 0.935. The molecule has 1 rings (SSSR count). The first-order valence-corrected chi connectivity index (χ1v) is 3.75. The van der Waals surface area contributed by atoms with E-state index in [4.69, 9.17) is 0 Å². The molecule has 0 saturated carbocycles. The zero-order valence-corrected chi connectivity index (χ0v) is 6.78. The molecule has 0 N–H and O–H groups in total. The predicted octanol–water partition coefficient (Wildman–Crippen LogP) is 1.72. The first-order valence-electron chi connectivity index (χ1n) is 2.84. The highest BCUT2D eigenvalue weighted by Gasteiger charge is 2.02. The molecule has 0 spiro atoms. The highest BCUT2D eigenvalue weighted by molar-refractivity contribution is 9.09. The van der Waals surface area contributed by atoms with Crippen molar-refractivity contribution in [3.8, 4) is 0 Å². The number of halogens is 1. The molecule has 0 radical (unpaired) electrons. The van der Waals surface area contributed by atoms with E-state index in [1.807, 2.05) is 0 Å². The molecule has 3 heteroatoms. The summed E-state index contributed by atoms with van der Waals surface area (Å²) in [4.78, 5) is 13.9.